The summed E-state index contributed by atoms with van der Waals surface area (Å²) in [6, 6.07) is 27.4. The highest BCUT2D eigenvalue weighted by molar-refractivity contribution is 7.44. The first-order chi connectivity index (χ1) is 25.5. The highest BCUT2D eigenvalue weighted by Crippen LogP contribution is 2.48. The van der Waals surface area contributed by atoms with E-state index in [4.69, 9.17) is 28.0 Å². The fourth-order valence-corrected chi connectivity index (χ4v) is 8.50. The van der Waals surface area contributed by atoms with Crippen LogP contribution in [0.5, 0.6) is 11.5 Å². The quantitative estimate of drug-likeness (QED) is 0.0877. The van der Waals surface area contributed by atoms with Crippen molar-refractivity contribution in [3.8, 4) is 17.6 Å². The molecule has 0 spiro atoms. The molecular formula is C40H51N4O8P. The maximum atomic E-state index is 13.2. The van der Waals surface area contributed by atoms with E-state index in [1.165, 1.54) is 0 Å². The lowest BCUT2D eigenvalue weighted by atomic mass is 9.79. The van der Waals surface area contributed by atoms with E-state index in [1.807, 2.05) is 78.9 Å². The number of amides is 3. The lowest BCUT2D eigenvalue weighted by Gasteiger charge is -2.40. The number of carbonyl (C=O) groups excluding carboxylic acids is 2. The Bertz CT molecular complexity index is 1630. The maximum Gasteiger partial charge on any atom is 0.326 e. The molecule has 2 unspecified atom stereocenters. The molecule has 2 heterocycles. The van der Waals surface area contributed by atoms with Gasteiger partial charge in [0, 0.05) is 25.0 Å². The Morgan fingerprint density at radius 2 is 1.47 bits per heavy atom. The van der Waals surface area contributed by atoms with Crippen LogP contribution < -0.4 is 14.8 Å². The van der Waals surface area contributed by atoms with E-state index in [0.717, 1.165) is 16.7 Å². The zero-order valence-corrected chi connectivity index (χ0v) is 32.5. The molecule has 3 aromatic carbocycles. The average molecular weight is 747 g/mol. The van der Waals surface area contributed by atoms with E-state index in [2.05, 4.69) is 43.8 Å². The Morgan fingerprint density at radius 1 is 0.906 bits per heavy atom. The minimum absolute atomic E-state index is 0.0788. The Labute approximate surface area is 314 Å². The van der Waals surface area contributed by atoms with Crippen LogP contribution in [0.3, 0.4) is 0 Å². The first kappa shape index (κ1) is 40.1. The molecule has 12 nitrogen and oxygen atoms in total. The zero-order valence-electron chi connectivity index (χ0n) is 31.6. The molecule has 0 radical (unpaired) electrons. The number of urea groups is 1. The second-order valence-electron chi connectivity index (χ2n) is 13.7. The van der Waals surface area contributed by atoms with Gasteiger partial charge in [-0.2, -0.15) is 5.26 Å². The fourth-order valence-electron chi connectivity index (χ4n) is 6.88. The van der Waals surface area contributed by atoms with Gasteiger partial charge in [0.2, 0.25) is 5.91 Å². The van der Waals surface area contributed by atoms with E-state index in [9.17, 15) is 14.9 Å². The summed E-state index contributed by atoms with van der Waals surface area (Å²) < 4.78 is 40.3. The Balaban J connectivity index is 1.60. The van der Waals surface area contributed by atoms with Crippen molar-refractivity contribution in [3.63, 3.8) is 0 Å². The van der Waals surface area contributed by atoms with Crippen LogP contribution in [0.2, 0.25) is 0 Å². The monoisotopic (exact) mass is 746 g/mol. The molecule has 2 saturated heterocycles. The number of nitrogens with one attached hydrogen (secondary N) is 1. The fraction of sp³-hybridized carbons (Fsp3) is 0.475. The van der Waals surface area contributed by atoms with E-state index in [1.54, 1.807) is 26.0 Å². The van der Waals surface area contributed by atoms with Gasteiger partial charge in [-0.05, 0) is 68.7 Å². The first-order valence-electron chi connectivity index (χ1n) is 18.0. The normalized spacial score (nSPS) is 21.2. The summed E-state index contributed by atoms with van der Waals surface area (Å²) in [6.07, 6.45) is -1.46. The van der Waals surface area contributed by atoms with Crippen molar-refractivity contribution in [1.82, 2.24) is 14.9 Å². The number of nitriles is 1. The SMILES string of the molecule is COc1ccc(C(O[C@H]2C[C@H](N3CC(C)C(=O)NC3=O)O[C@@H]2COP(OCCC#N)N(C(C)C)C(C)C)(c2ccccc2)c2ccc(OC)cc2)cc1. The molecule has 0 aliphatic carbocycles. The number of hydrogen-bond donors (Lipinski definition) is 1. The maximum absolute atomic E-state index is 13.2. The average Bonchev–Trinajstić information content (AvgIpc) is 3.56. The molecule has 2 aliphatic heterocycles. The molecule has 3 aromatic rings. The third kappa shape index (κ3) is 9.18. The minimum Gasteiger partial charge on any atom is -0.497 e. The molecule has 2 aliphatic rings. The molecule has 0 bridgehead atoms. The molecule has 0 aromatic heterocycles. The summed E-state index contributed by atoms with van der Waals surface area (Å²) >= 11 is 0. The van der Waals surface area contributed by atoms with Crippen LogP contribution >= 0.6 is 8.53 Å². The highest BCUT2D eigenvalue weighted by Gasteiger charge is 2.49. The second-order valence-corrected chi connectivity index (χ2v) is 15.2. The van der Waals surface area contributed by atoms with E-state index >= 15 is 0 Å². The molecule has 284 valence electrons. The molecule has 13 heteroatoms. The third-order valence-electron chi connectivity index (χ3n) is 9.45. The molecule has 2 fully saturated rings. The Hall–Kier alpha value is -4.08. The van der Waals surface area contributed by atoms with Gasteiger partial charge < -0.3 is 28.0 Å². The van der Waals surface area contributed by atoms with Crippen LogP contribution in [0.4, 0.5) is 4.79 Å². The summed E-state index contributed by atoms with van der Waals surface area (Å²) in [7, 11) is 1.66. The van der Waals surface area contributed by atoms with Crippen molar-refractivity contribution in [3.05, 3.63) is 95.6 Å². The molecule has 53 heavy (non-hydrogen) atoms. The standard InChI is InChI=1S/C40H51N4O8P/c1-27(2)44(28(3)4)53(49-23-11-22-41)50-26-36-35(24-37(51-36)43-25-29(5)38(45)42-39(43)46)52-40(30-12-9-8-10-13-30,31-14-18-33(47-6)19-15-31)32-16-20-34(48-7)21-17-32/h8-10,12-21,27-29,35-37H,11,23-26H2,1-7H3,(H,42,45,46)/t29?,35-,36+,37+,53?/m0/s1. The smallest absolute Gasteiger partial charge is 0.326 e. The molecule has 5 atom stereocenters. The second kappa shape index (κ2) is 18.3. The molecular weight excluding hydrogens is 695 g/mol. The highest BCUT2D eigenvalue weighted by atomic mass is 31.2. The number of methoxy groups -OCH3 is 2. The topological polar surface area (TPSA) is 132 Å². The predicted octanol–water partition coefficient (Wildman–Crippen LogP) is 6.98. The molecule has 0 saturated carbocycles. The van der Waals surface area contributed by atoms with Crippen LogP contribution in [0.1, 0.15) is 64.2 Å². The largest absolute Gasteiger partial charge is 0.497 e. The van der Waals surface area contributed by atoms with Crippen molar-refractivity contribution in [2.45, 2.75) is 83.6 Å². The Morgan fingerprint density at radius 3 is 2.00 bits per heavy atom. The number of imide groups is 1. The van der Waals surface area contributed by atoms with Gasteiger partial charge in [-0.25, -0.2) is 9.46 Å². The van der Waals surface area contributed by atoms with E-state index in [-0.39, 0.29) is 44.2 Å². The van der Waals surface area contributed by atoms with Crippen LogP contribution in [0.15, 0.2) is 78.9 Å². The van der Waals surface area contributed by atoms with Gasteiger partial charge in [0.25, 0.3) is 8.53 Å². The van der Waals surface area contributed by atoms with Gasteiger partial charge in [-0.15, -0.1) is 0 Å². The van der Waals surface area contributed by atoms with Crippen LogP contribution in [0, 0.1) is 17.2 Å². The number of carbonyl (C=O) groups is 2. The van der Waals surface area contributed by atoms with Crippen LogP contribution in [-0.4, -0.2) is 86.0 Å². The summed E-state index contributed by atoms with van der Waals surface area (Å²) in [5, 5.41) is 11.7. The van der Waals surface area contributed by atoms with Gasteiger partial charge in [0.05, 0.1) is 51.9 Å². The van der Waals surface area contributed by atoms with Crippen molar-refractivity contribution < 1.29 is 37.6 Å². The van der Waals surface area contributed by atoms with Crippen molar-refractivity contribution in [1.29, 1.82) is 5.26 Å². The molecule has 1 N–H and O–H groups in total. The lowest BCUT2D eigenvalue weighted by Crippen LogP contribution is -2.57. The summed E-state index contributed by atoms with van der Waals surface area (Å²) in [4.78, 5) is 27.2. The third-order valence-corrected chi connectivity index (χ3v) is 11.5. The predicted molar refractivity (Wildman–Crippen MR) is 201 cm³/mol. The zero-order chi connectivity index (χ0) is 38.1. The number of ether oxygens (including phenoxy) is 4. The van der Waals surface area contributed by atoms with Gasteiger partial charge in [0.1, 0.15) is 29.4 Å². The summed E-state index contributed by atoms with van der Waals surface area (Å²) in [6.45, 7) is 10.6. The minimum atomic E-state index is -1.60. The van der Waals surface area contributed by atoms with Gasteiger partial charge in [-0.3, -0.25) is 15.0 Å². The molecule has 5 rings (SSSR count). The van der Waals surface area contributed by atoms with Crippen LogP contribution in [-0.2, 0) is 28.9 Å². The van der Waals surface area contributed by atoms with Crippen molar-refractivity contribution in [2.24, 2.45) is 5.92 Å². The van der Waals surface area contributed by atoms with E-state index < -0.39 is 44.5 Å². The number of nitrogens with zero attached hydrogens (tertiary/aromatic N) is 3. The first-order valence-corrected chi connectivity index (χ1v) is 19.2. The number of hydrogen-bond acceptors (Lipinski definition) is 10. The molecule has 3 amide bonds. The van der Waals surface area contributed by atoms with Gasteiger partial charge in [-0.1, -0.05) is 61.5 Å². The van der Waals surface area contributed by atoms with E-state index in [0.29, 0.717) is 17.9 Å². The van der Waals surface area contributed by atoms with Crippen molar-refractivity contribution >= 4 is 20.5 Å². The van der Waals surface area contributed by atoms with Crippen molar-refractivity contribution in [2.75, 3.05) is 34.0 Å². The Kier molecular flexibility index (Phi) is 13.9. The van der Waals surface area contributed by atoms with Gasteiger partial charge in [0.15, 0.2) is 0 Å². The number of rotatable bonds is 17. The number of benzene rings is 3. The summed E-state index contributed by atoms with van der Waals surface area (Å²) in [5.74, 6) is 0.664. The lowest BCUT2D eigenvalue weighted by molar-refractivity contribution is -0.129. The van der Waals surface area contributed by atoms with Gasteiger partial charge >= 0.3 is 6.03 Å². The van der Waals surface area contributed by atoms with Crippen LogP contribution in [0.25, 0.3) is 0 Å². The summed E-state index contributed by atoms with van der Waals surface area (Å²) in [5.41, 5.74) is 1.41.